The third kappa shape index (κ3) is 8.99. The topological polar surface area (TPSA) is 17.1 Å². The molecule has 116 valence electrons. The summed E-state index contributed by atoms with van der Waals surface area (Å²) >= 11 is 0. The van der Waals surface area contributed by atoms with Crippen molar-refractivity contribution in [3.8, 4) is 94.4 Å². The molecule has 0 atom stereocenters. The summed E-state index contributed by atoms with van der Waals surface area (Å²) in [6, 6.07) is 8.93. The van der Waals surface area contributed by atoms with E-state index in [1.807, 2.05) is 6.07 Å². The smallest absolute Gasteiger partial charge is 0.214 e. The molecule has 26 heavy (non-hydrogen) atoms. The lowest BCUT2D eigenvalue weighted by Crippen LogP contribution is -2.13. The van der Waals surface area contributed by atoms with E-state index in [2.05, 4.69) is 81.6 Å². The van der Waals surface area contributed by atoms with Crippen molar-refractivity contribution >= 4 is 16.7 Å². The van der Waals surface area contributed by atoms with E-state index in [0.29, 0.717) is 5.56 Å². The third-order valence-electron chi connectivity index (χ3n) is 2.36. The summed E-state index contributed by atoms with van der Waals surface area (Å²) in [7, 11) is -0.823. The van der Waals surface area contributed by atoms with Crippen molar-refractivity contribution in [2.45, 2.75) is 0 Å². The highest BCUT2D eigenvalue weighted by Gasteiger charge is 2.20. The number of Topliss-reactive ketones (excluding diaryl/α,β-unsaturated/α-hetero) is 1. The van der Waals surface area contributed by atoms with Crippen LogP contribution in [-0.2, 0) is 10.9 Å². The lowest BCUT2D eigenvalue weighted by atomic mass is 10.2. The van der Waals surface area contributed by atoms with Gasteiger partial charge >= 0.3 is 0 Å². The Balaban J connectivity index is 2.96. The second kappa shape index (κ2) is 13.2. The Morgan fingerprint density at radius 3 is 1.69 bits per heavy atom. The lowest BCUT2D eigenvalue weighted by Gasteiger charge is -1.95. The molecule has 0 amide bonds. The van der Waals surface area contributed by atoms with Crippen molar-refractivity contribution in [1.82, 2.24) is 0 Å². The van der Waals surface area contributed by atoms with Gasteiger partial charge < -0.3 is 0 Å². The molecule has 1 aromatic carbocycles. The molecular weight excluding hydrogens is 336 g/mol. The van der Waals surface area contributed by atoms with Crippen LogP contribution in [0.4, 0.5) is 0 Å². The van der Waals surface area contributed by atoms with Crippen molar-refractivity contribution < 1.29 is 4.79 Å². The first-order valence-corrected chi connectivity index (χ1v) is 8.39. The normalized spacial score (nSPS) is 6.73. The Bertz CT molecular complexity index is 1050. The Hall–Kier alpha value is -4.28. The molecule has 1 rings (SSSR count). The van der Waals surface area contributed by atoms with Crippen LogP contribution in [0.15, 0.2) is 30.3 Å². The van der Waals surface area contributed by atoms with Crippen LogP contribution in [0.5, 0.6) is 0 Å². The highest BCUT2D eigenvalue weighted by atomic mass is 32.2. The van der Waals surface area contributed by atoms with E-state index in [1.54, 1.807) is 24.3 Å². The predicted molar refractivity (Wildman–Crippen MR) is 107 cm³/mol. The van der Waals surface area contributed by atoms with Crippen molar-refractivity contribution in [1.29, 1.82) is 0 Å². The molecule has 0 saturated heterocycles. The van der Waals surface area contributed by atoms with E-state index in [4.69, 9.17) is 12.8 Å². The summed E-state index contributed by atoms with van der Waals surface area (Å²) in [6.07, 6.45) is 9.97. The number of terminal acetylenes is 2. The van der Waals surface area contributed by atoms with Crippen molar-refractivity contribution in [3.63, 3.8) is 0 Å². The number of ketones is 1. The molecule has 0 aliphatic rings. The van der Waals surface area contributed by atoms with Gasteiger partial charge in [0, 0.05) is 41.1 Å². The summed E-state index contributed by atoms with van der Waals surface area (Å²) in [6.45, 7) is 0. The van der Waals surface area contributed by atoms with Gasteiger partial charge in [-0.05, 0) is 35.5 Å². The summed E-state index contributed by atoms with van der Waals surface area (Å²) in [5.74, 6) is 29.4. The van der Waals surface area contributed by atoms with E-state index >= 15 is 0 Å². The van der Waals surface area contributed by atoms with E-state index in [9.17, 15) is 4.79 Å². The third-order valence-corrected chi connectivity index (χ3v) is 3.61. The maximum atomic E-state index is 12.3. The van der Waals surface area contributed by atoms with Crippen LogP contribution in [-0.4, -0.2) is 11.5 Å². The quantitative estimate of drug-likeness (QED) is 0.463. The van der Waals surface area contributed by atoms with Gasteiger partial charge in [0.05, 0.1) is 0 Å². The summed E-state index contributed by atoms with van der Waals surface area (Å²) < 4.78 is 0. The maximum absolute atomic E-state index is 12.3. The van der Waals surface area contributed by atoms with Crippen LogP contribution in [0, 0.1) is 94.4 Å². The number of carbonyl (C=O) groups excluding carboxylic acids is 1. The molecule has 1 aromatic rings. The van der Waals surface area contributed by atoms with E-state index < -0.39 is 10.9 Å². The van der Waals surface area contributed by atoms with Crippen LogP contribution in [0.2, 0.25) is 0 Å². The van der Waals surface area contributed by atoms with E-state index in [0.717, 1.165) is 0 Å². The zero-order chi connectivity index (χ0) is 18.9. The molecule has 0 unspecified atom stereocenters. The molecule has 0 saturated carbocycles. The molecule has 2 heteroatoms. The second-order valence-electron chi connectivity index (χ2n) is 4.07. The number of hydrogen-bond donors (Lipinski definition) is 0. The molecular formula is C24H9OS+. The van der Waals surface area contributed by atoms with E-state index in [-0.39, 0.29) is 11.5 Å². The molecule has 0 fully saturated rings. The second-order valence-corrected chi connectivity index (χ2v) is 5.55. The lowest BCUT2D eigenvalue weighted by molar-refractivity contribution is 0.102. The first-order chi connectivity index (χ1) is 12.8. The molecule has 0 aromatic heterocycles. The van der Waals surface area contributed by atoms with Gasteiger partial charge in [-0.15, -0.1) is 12.8 Å². The monoisotopic (exact) mass is 345 g/mol. The summed E-state index contributed by atoms with van der Waals surface area (Å²) in [5, 5.41) is 5.71. The fraction of sp³-hybridized carbons (Fsp3) is 0.0417. The van der Waals surface area contributed by atoms with Crippen LogP contribution in [0.1, 0.15) is 10.4 Å². The maximum Gasteiger partial charge on any atom is 0.214 e. The molecule has 0 bridgehead atoms. The molecule has 0 radical (unpaired) electrons. The highest BCUT2D eigenvalue weighted by molar-refractivity contribution is 8.06. The highest BCUT2D eigenvalue weighted by Crippen LogP contribution is 2.04. The average molecular weight is 345 g/mol. The Morgan fingerprint density at radius 2 is 1.19 bits per heavy atom. The molecule has 1 nitrogen and oxygen atoms in total. The fourth-order valence-corrected chi connectivity index (χ4v) is 2.34. The Morgan fingerprint density at radius 1 is 0.731 bits per heavy atom. The minimum atomic E-state index is -0.823. The first-order valence-electron chi connectivity index (χ1n) is 6.99. The summed E-state index contributed by atoms with van der Waals surface area (Å²) in [5.41, 5.74) is 0.602. The fourth-order valence-electron chi connectivity index (χ4n) is 1.37. The first kappa shape index (κ1) is 19.8. The summed E-state index contributed by atoms with van der Waals surface area (Å²) in [4.78, 5) is 12.3. The minimum Gasteiger partial charge on any atom is -0.289 e. The zero-order valence-corrected chi connectivity index (χ0v) is 14.4. The predicted octanol–water partition coefficient (Wildman–Crippen LogP) is 1.69. The van der Waals surface area contributed by atoms with Crippen LogP contribution in [0.3, 0.4) is 0 Å². The van der Waals surface area contributed by atoms with Crippen molar-refractivity contribution in [2.24, 2.45) is 0 Å². The molecule has 0 spiro atoms. The number of rotatable bonds is 3. The standard InChI is InChI=1S/C24H9OS/c1-3-5-7-9-11-16-20-26(21-17-12-10-8-6-4-2)22-24(25)23-18-14-13-15-19-23/h1-2,13-15,18-19H,22H2/q+1. The number of hydrogen-bond acceptors (Lipinski definition) is 1. The van der Waals surface area contributed by atoms with Gasteiger partial charge in [-0.3, -0.25) is 4.79 Å². The van der Waals surface area contributed by atoms with Gasteiger partial charge in [-0.2, -0.15) is 0 Å². The molecule has 0 aliphatic heterocycles. The van der Waals surface area contributed by atoms with Gasteiger partial charge in [-0.1, -0.05) is 30.3 Å². The van der Waals surface area contributed by atoms with Gasteiger partial charge in [-0.25, -0.2) is 0 Å². The van der Waals surface area contributed by atoms with Gasteiger partial charge in [0.2, 0.25) is 5.78 Å². The largest absolute Gasteiger partial charge is 0.289 e. The van der Waals surface area contributed by atoms with Gasteiger partial charge in [0.15, 0.2) is 27.2 Å². The number of benzene rings is 1. The molecule has 0 N–H and O–H groups in total. The molecule has 0 heterocycles. The minimum absolute atomic E-state index is 0.0577. The van der Waals surface area contributed by atoms with Crippen LogP contribution >= 0.6 is 0 Å². The average Bonchev–Trinajstić information content (AvgIpc) is 2.67. The van der Waals surface area contributed by atoms with Crippen molar-refractivity contribution in [2.75, 3.05) is 5.75 Å². The van der Waals surface area contributed by atoms with Crippen LogP contribution in [0.25, 0.3) is 0 Å². The van der Waals surface area contributed by atoms with E-state index in [1.165, 1.54) is 0 Å². The molecule has 0 aliphatic carbocycles. The van der Waals surface area contributed by atoms with Crippen molar-refractivity contribution in [3.05, 3.63) is 35.9 Å². The Kier molecular flexibility index (Phi) is 10.0. The van der Waals surface area contributed by atoms with Gasteiger partial charge in [0.1, 0.15) is 0 Å². The van der Waals surface area contributed by atoms with Gasteiger partial charge in [0.25, 0.3) is 0 Å². The zero-order valence-electron chi connectivity index (χ0n) is 13.6. The van der Waals surface area contributed by atoms with Crippen LogP contribution < -0.4 is 0 Å². The SMILES string of the molecule is C#CC#CC#CC#C[S+](C#CC#CC#CC#C)CC(=O)c1ccccc1. The number of carbonyl (C=O) groups is 1. The Labute approximate surface area is 157 Å².